The standard InChI is InChI=1S/C47H38O20S9/c48-46(49)20-21-68-47-31(10-8-28-22-39(30-12-14-33(15-13-30)71(50,51)52)69-41(23-28)37-18-16-34(72(53,54)55)26-44(37)75(62,63)64)4-3-5-32(47)11-9-29-24-40(36-6-1-2-7-43(36)74(59,60)61)70-42(25-29)38-19-17-35(73(56,57)58)27-45(38)76(65,66)67/h1-2,6-19,22-27H,3-5,20-21H2,(H6-,48,49,50,51,52,53,54,55,56,57,58,59,60,61,62,63,64,65,66,67)/p+1. The number of allylic oxidation sites excluding steroid dienone is 8. The lowest BCUT2D eigenvalue weighted by atomic mass is 9.93. The third-order valence-electron chi connectivity index (χ3n) is 11.1. The molecule has 0 bridgehead atoms. The number of rotatable bonds is 17. The van der Waals surface area contributed by atoms with Crippen LogP contribution in [-0.4, -0.2) is 94.7 Å². The lowest BCUT2D eigenvalue weighted by molar-refractivity contribution is -0.136. The molecule has 7 N–H and O–H groups in total. The summed E-state index contributed by atoms with van der Waals surface area (Å²) in [5.41, 5.74) is 1.91. The van der Waals surface area contributed by atoms with Crippen molar-refractivity contribution in [2.75, 3.05) is 5.75 Å². The first kappa shape index (κ1) is 58.2. The molecular weight excluding hydrogens is 1170 g/mol. The van der Waals surface area contributed by atoms with Crippen molar-refractivity contribution in [3.63, 3.8) is 0 Å². The van der Waals surface area contributed by atoms with Crippen molar-refractivity contribution in [3.8, 4) is 20.9 Å². The van der Waals surface area contributed by atoms with Crippen molar-refractivity contribution >= 4 is 117 Å². The molecule has 0 saturated carbocycles. The summed E-state index contributed by atoms with van der Waals surface area (Å²) in [6, 6.07) is 18.3. The molecule has 0 saturated heterocycles. The molecule has 0 spiro atoms. The average molecular weight is 1210 g/mol. The Kier molecular flexibility index (Phi) is 17.2. The van der Waals surface area contributed by atoms with Gasteiger partial charge in [0.1, 0.15) is 14.7 Å². The maximum Gasteiger partial charge on any atom is 0.304 e. The summed E-state index contributed by atoms with van der Waals surface area (Å²) in [7, 11) is -29.7. The highest BCUT2D eigenvalue weighted by atomic mass is 32.2. The molecule has 400 valence electrons. The van der Waals surface area contributed by atoms with Gasteiger partial charge < -0.3 is 5.11 Å². The Morgan fingerprint density at radius 2 is 1.07 bits per heavy atom. The molecule has 7 rings (SSSR count). The van der Waals surface area contributed by atoms with Gasteiger partial charge in [-0.2, -0.15) is 50.5 Å². The summed E-state index contributed by atoms with van der Waals surface area (Å²) >= 11 is 2.97. The van der Waals surface area contributed by atoms with Gasteiger partial charge in [0.25, 0.3) is 60.7 Å². The second kappa shape index (κ2) is 22.5. The highest BCUT2D eigenvalue weighted by molar-refractivity contribution is 8.16. The van der Waals surface area contributed by atoms with E-state index >= 15 is 0 Å². The third kappa shape index (κ3) is 14.4. The Hall–Kier alpha value is -5.48. The summed E-state index contributed by atoms with van der Waals surface area (Å²) in [5.74, 6) is -1.00. The van der Waals surface area contributed by atoms with Gasteiger partial charge in [-0.25, -0.2) is 0 Å². The number of thioether (sulfide) groups is 2. The van der Waals surface area contributed by atoms with Gasteiger partial charge >= 0.3 is 5.97 Å². The molecule has 0 atom stereocenters. The highest BCUT2D eigenvalue weighted by Gasteiger charge is 2.30. The van der Waals surface area contributed by atoms with E-state index < -0.39 is 96.1 Å². The van der Waals surface area contributed by atoms with Crippen molar-refractivity contribution in [1.29, 1.82) is 0 Å². The largest absolute Gasteiger partial charge is 0.481 e. The molecule has 0 radical (unpaired) electrons. The van der Waals surface area contributed by atoms with E-state index in [9.17, 15) is 87.7 Å². The molecule has 1 aromatic heterocycles. The van der Waals surface area contributed by atoms with Crippen LogP contribution < -0.4 is 0 Å². The van der Waals surface area contributed by atoms with Crippen molar-refractivity contribution in [3.05, 3.63) is 166 Å². The van der Waals surface area contributed by atoms with E-state index in [4.69, 9.17) is 0 Å². The second-order valence-electron chi connectivity index (χ2n) is 16.3. The van der Waals surface area contributed by atoms with Gasteiger partial charge in [-0.15, -0.1) is 11.8 Å². The monoisotopic (exact) mass is 1210 g/mol. The van der Waals surface area contributed by atoms with Gasteiger partial charge in [0.15, 0.2) is 0 Å². The normalized spacial score (nSPS) is 16.3. The molecular formula is C47H39O20S9+. The van der Waals surface area contributed by atoms with Crippen molar-refractivity contribution in [2.24, 2.45) is 0 Å². The number of aliphatic carboxylic acids is 1. The number of hydrogen-bond acceptors (Lipinski definition) is 15. The van der Waals surface area contributed by atoms with Gasteiger partial charge in [-0.1, -0.05) is 66.4 Å². The van der Waals surface area contributed by atoms with Gasteiger partial charge in [0.2, 0.25) is 21.1 Å². The van der Waals surface area contributed by atoms with Gasteiger partial charge in [0, 0.05) is 38.2 Å². The first-order valence-corrected chi connectivity index (χ1v) is 32.6. The van der Waals surface area contributed by atoms with E-state index in [0.29, 0.717) is 63.5 Å². The van der Waals surface area contributed by atoms with E-state index in [2.05, 4.69) is 0 Å². The molecule has 20 nitrogen and oxygen atoms in total. The maximum absolute atomic E-state index is 12.7. The zero-order valence-electron chi connectivity index (χ0n) is 38.3. The predicted octanol–water partition coefficient (Wildman–Crippen LogP) is 9.18. The van der Waals surface area contributed by atoms with Crippen molar-refractivity contribution in [1.82, 2.24) is 0 Å². The van der Waals surface area contributed by atoms with Crippen LogP contribution in [0.1, 0.15) is 42.4 Å². The molecule has 2 aliphatic rings. The molecule has 0 unspecified atom stereocenters. The molecule has 0 amide bonds. The van der Waals surface area contributed by atoms with Gasteiger partial charge in [0.05, 0.1) is 32.2 Å². The molecule has 5 aromatic rings. The van der Waals surface area contributed by atoms with Gasteiger partial charge in [-0.3, -0.25) is 32.1 Å². The number of carboxylic acid groups (broad SMARTS) is 1. The fourth-order valence-electron chi connectivity index (χ4n) is 7.66. The van der Waals surface area contributed by atoms with Crippen LogP contribution in [0.15, 0.2) is 178 Å². The minimum Gasteiger partial charge on any atom is -0.481 e. The minimum atomic E-state index is -5.20. The number of carbonyl (C=O) groups is 1. The molecule has 0 fully saturated rings. The van der Waals surface area contributed by atoms with Crippen LogP contribution in [0, 0.1) is 0 Å². The smallest absolute Gasteiger partial charge is 0.304 e. The molecule has 1 aliphatic carbocycles. The Morgan fingerprint density at radius 3 is 1.62 bits per heavy atom. The Labute approximate surface area is 449 Å². The fourth-order valence-corrected chi connectivity index (χ4v) is 15.2. The second-order valence-corrected chi connectivity index (χ2v) is 28.0. The Morgan fingerprint density at radius 1 is 0.553 bits per heavy atom. The van der Waals surface area contributed by atoms with Crippen LogP contribution >= 0.6 is 34.9 Å². The van der Waals surface area contributed by atoms with Crippen molar-refractivity contribution < 1.29 is 87.7 Å². The number of hydrogen-bond donors (Lipinski definition) is 7. The first-order chi connectivity index (χ1) is 35.3. The van der Waals surface area contributed by atoms with E-state index in [1.165, 1.54) is 60.3 Å². The quantitative estimate of drug-likeness (QED) is 0.0337. The first-order valence-electron chi connectivity index (χ1n) is 21.4. The number of carboxylic acids is 1. The third-order valence-corrected chi connectivity index (χ3v) is 19.8. The zero-order chi connectivity index (χ0) is 55.8. The average Bonchev–Trinajstić information content (AvgIpc) is 3.33. The fraction of sp³-hybridized carbons (Fsp3) is 0.106. The Balaban J connectivity index is 1.41. The zero-order valence-corrected chi connectivity index (χ0v) is 45.7. The van der Waals surface area contributed by atoms with Crippen LogP contribution in [0.25, 0.3) is 36.8 Å². The van der Waals surface area contributed by atoms with E-state index in [1.807, 2.05) is 0 Å². The van der Waals surface area contributed by atoms with Crippen LogP contribution in [0.3, 0.4) is 0 Å². The molecule has 76 heavy (non-hydrogen) atoms. The lowest BCUT2D eigenvalue weighted by Gasteiger charge is -2.22. The highest BCUT2D eigenvalue weighted by Crippen LogP contribution is 2.47. The molecule has 29 heteroatoms. The van der Waals surface area contributed by atoms with Crippen LogP contribution in [0.4, 0.5) is 0 Å². The minimum absolute atomic E-state index is 0.0236. The summed E-state index contributed by atoms with van der Waals surface area (Å²) in [6.45, 7) is 0. The van der Waals surface area contributed by atoms with Crippen LogP contribution in [-0.2, 0) is 65.5 Å². The van der Waals surface area contributed by atoms with Crippen LogP contribution in [0.2, 0.25) is 0 Å². The SMILES string of the molecule is O=C(O)CCSC1=C(/C=C/c2cc(-c3ccccc3S(=O)(=O)O)[s+]c(-c3ccc(S(=O)(=O)O)cc3S(=O)(=O)O)c2)CCC/C1=C\C=C1\C=C(c2ccc(S(=O)(=O)O)cc2)SC(c2ccc(S(=O)(=O)O)cc2S(=O)(=O)O)=C1. The van der Waals surface area contributed by atoms with E-state index in [-0.39, 0.29) is 49.1 Å². The van der Waals surface area contributed by atoms with Crippen molar-refractivity contribution in [2.45, 2.75) is 55.1 Å². The number of benzene rings is 4. The van der Waals surface area contributed by atoms with E-state index in [1.54, 1.807) is 30.4 Å². The Bertz CT molecular complexity index is 4140. The summed E-state index contributed by atoms with van der Waals surface area (Å²) in [5, 5.41) is 9.58. The van der Waals surface area contributed by atoms with E-state index in [0.717, 1.165) is 65.6 Å². The molecule has 2 heterocycles. The predicted molar refractivity (Wildman–Crippen MR) is 286 cm³/mol. The summed E-state index contributed by atoms with van der Waals surface area (Å²) < 4.78 is 207. The summed E-state index contributed by atoms with van der Waals surface area (Å²) in [6.07, 6.45) is 10.9. The van der Waals surface area contributed by atoms with Gasteiger partial charge in [-0.05, 0) is 114 Å². The molecule has 1 aliphatic heterocycles. The maximum atomic E-state index is 12.7. The lowest BCUT2D eigenvalue weighted by Crippen LogP contribution is -2.07. The van der Waals surface area contributed by atoms with Crippen LogP contribution in [0.5, 0.6) is 0 Å². The summed E-state index contributed by atoms with van der Waals surface area (Å²) in [4.78, 5) is 8.61. The molecule has 4 aromatic carbocycles. The topological polar surface area (TPSA) is 364 Å².